The molecule has 1 heterocycles. The highest BCUT2D eigenvalue weighted by Gasteiger charge is 2.50. The molecule has 0 fully saturated rings. The first kappa shape index (κ1) is 14.8. The van der Waals surface area contributed by atoms with E-state index in [1.807, 2.05) is 24.3 Å². The largest absolute Gasteiger partial charge is 0.425 e. The van der Waals surface area contributed by atoms with Gasteiger partial charge in [-0.2, -0.15) is 0 Å². The molecule has 0 radical (unpaired) electrons. The zero-order valence-electron chi connectivity index (χ0n) is 13.5. The van der Waals surface area contributed by atoms with Crippen LogP contribution in [0.1, 0.15) is 48.4 Å². The quantitative estimate of drug-likeness (QED) is 0.603. The first-order valence-corrected chi connectivity index (χ1v) is 7.99. The summed E-state index contributed by atoms with van der Waals surface area (Å²) in [7, 11) is 0. The minimum absolute atomic E-state index is 0.130. The van der Waals surface area contributed by atoms with Crippen molar-refractivity contribution in [2.45, 2.75) is 45.4 Å². The number of carbonyl (C=O) groups excluding carboxylic acids is 1. The predicted molar refractivity (Wildman–Crippen MR) is 88.3 cm³/mol. The van der Waals surface area contributed by atoms with Crippen molar-refractivity contribution in [3.63, 3.8) is 0 Å². The van der Waals surface area contributed by atoms with Gasteiger partial charge in [-0.3, -0.25) is 4.79 Å². The fourth-order valence-electron chi connectivity index (χ4n) is 3.57. The highest BCUT2D eigenvalue weighted by atomic mass is 16.5. The van der Waals surface area contributed by atoms with Crippen molar-refractivity contribution in [1.29, 1.82) is 0 Å². The maximum atomic E-state index is 12.9. The fraction of sp³-hybridized carbons (Fsp3) is 0.350. The van der Waals surface area contributed by atoms with E-state index in [0.29, 0.717) is 5.75 Å². The second-order valence-corrected chi connectivity index (χ2v) is 6.21. The summed E-state index contributed by atoms with van der Waals surface area (Å²) >= 11 is 0. The lowest BCUT2D eigenvalue weighted by Gasteiger charge is -2.28. The third-order valence-corrected chi connectivity index (χ3v) is 4.64. The smallest absolute Gasteiger partial charge is 0.326 e. The molecule has 1 aliphatic rings. The molecule has 0 aliphatic carbocycles. The number of benzene rings is 2. The van der Waals surface area contributed by atoms with E-state index in [4.69, 9.17) is 4.74 Å². The van der Waals surface area contributed by atoms with Crippen LogP contribution in [0.15, 0.2) is 42.5 Å². The minimum Gasteiger partial charge on any atom is -0.425 e. The number of esters is 1. The number of ether oxygens (including phenoxy) is 1. The van der Waals surface area contributed by atoms with Crippen LogP contribution in [0.25, 0.3) is 0 Å². The zero-order chi connectivity index (χ0) is 15.7. The summed E-state index contributed by atoms with van der Waals surface area (Å²) in [6.45, 7) is 6.32. The Bertz CT molecular complexity index is 717. The number of aryl methyl sites for hydroxylation is 2. The van der Waals surface area contributed by atoms with E-state index in [9.17, 15) is 4.79 Å². The Morgan fingerprint density at radius 1 is 1.05 bits per heavy atom. The Hall–Kier alpha value is -2.09. The number of hydrogen-bond acceptors (Lipinski definition) is 2. The zero-order valence-corrected chi connectivity index (χ0v) is 13.5. The average molecular weight is 294 g/mol. The van der Waals surface area contributed by atoms with Gasteiger partial charge in [0.1, 0.15) is 11.2 Å². The molecular weight excluding hydrogens is 272 g/mol. The molecule has 1 aliphatic heterocycles. The molecular formula is C20H22O2. The molecule has 1 atom stereocenters. The number of unbranched alkanes of at least 4 members (excludes halogenated alkanes) is 1. The standard InChI is InChI=1S/C20H22O2/c1-4-5-12-20(16-11-10-14(2)13-15(16)3)17-8-6-7-9-18(17)22-19(20)21/h6-11,13H,4-5,12H2,1-3H3. The van der Waals surface area contributed by atoms with Crippen molar-refractivity contribution in [1.82, 2.24) is 0 Å². The Balaban J connectivity index is 2.24. The second kappa shape index (κ2) is 5.60. The van der Waals surface area contributed by atoms with Crippen LogP contribution in [0.4, 0.5) is 0 Å². The van der Waals surface area contributed by atoms with Crippen molar-refractivity contribution in [3.8, 4) is 5.75 Å². The van der Waals surface area contributed by atoms with Crippen molar-refractivity contribution in [2.24, 2.45) is 0 Å². The molecule has 2 heteroatoms. The summed E-state index contributed by atoms with van der Waals surface area (Å²) in [6.07, 6.45) is 2.85. The minimum atomic E-state index is -0.648. The third-order valence-electron chi connectivity index (χ3n) is 4.64. The fourth-order valence-corrected chi connectivity index (χ4v) is 3.57. The third kappa shape index (κ3) is 2.14. The molecule has 0 bridgehead atoms. The SMILES string of the molecule is CCCCC1(c2ccc(C)cc2C)C(=O)Oc2ccccc21. The molecule has 0 spiro atoms. The maximum absolute atomic E-state index is 12.9. The summed E-state index contributed by atoms with van der Waals surface area (Å²) in [5.74, 6) is 0.581. The molecule has 2 nitrogen and oxygen atoms in total. The van der Waals surface area contributed by atoms with Crippen LogP contribution in [0, 0.1) is 13.8 Å². The number of para-hydroxylation sites is 1. The molecule has 3 rings (SSSR count). The number of rotatable bonds is 4. The highest BCUT2D eigenvalue weighted by Crippen LogP contribution is 2.48. The van der Waals surface area contributed by atoms with Crippen LogP contribution in [-0.4, -0.2) is 5.97 Å². The number of carbonyl (C=O) groups is 1. The Kier molecular flexibility index (Phi) is 3.78. The molecule has 1 unspecified atom stereocenters. The summed E-state index contributed by atoms with van der Waals surface area (Å²) < 4.78 is 5.62. The summed E-state index contributed by atoms with van der Waals surface area (Å²) in [6, 6.07) is 14.2. The normalized spacial score (nSPS) is 19.9. The average Bonchev–Trinajstić information content (AvgIpc) is 2.78. The summed E-state index contributed by atoms with van der Waals surface area (Å²) in [4.78, 5) is 12.9. The van der Waals surface area contributed by atoms with E-state index in [2.05, 4.69) is 39.0 Å². The predicted octanol–water partition coefficient (Wildman–Crippen LogP) is 4.70. The Labute approximate surface area is 132 Å². The van der Waals surface area contributed by atoms with E-state index in [1.54, 1.807) is 0 Å². The first-order chi connectivity index (χ1) is 10.6. The molecule has 114 valence electrons. The van der Waals surface area contributed by atoms with Crippen LogP contribution in [0.5, 0.6) is 5.75 Å². The molecule has 0 N–H and O–H groups in total. The van der Waals surface area contributed by atoms with E-state index >= 15 is 0 Å². The molecule has 0 aromatic heterocycles. The van der Waals surface area contributed by atoms with Gasteiger partial charge in [0.25, 0.3) is 0 Å². The van der Waals surface area contributed by atoms with Gasteiger partial charge in [-0.25, -0.2) is 0 Å². The van der Waals surface area contributed by atoms with Gasteiger partial charge in [0.2, 0.25) is 0 Å². The van der Waals surface area contributed by atoms with E-state index in [0.717, 1.165) is 36.0 Å². The van der Waals surface area contributed by atoms with Gasteiger partial charge in [0, 0.05) is 5.56 Å². The van der Waals surface area contributed by atoms with Gasteiger partial charge < -0.3 is 4.74 Å². The number of hydrogen-bond donors (Lipinski definition) is 0. The highest BCUT2D eigenvalue weighted by molar-refractivity contribution is 5.94. The molecule has 22 heavy (non-hydrogen) atoms. The van der Waals surface area contributed by atoms with Gasteiger partial charge >= 0.3 is 5.97 Å². The van der Waals surface area contributed by atoms with E-state index in [1.165, 1.54) is 5.56 Å². The van der Waals surface area contributed by atoms with Crippen LogP contribution in [0.3, 0.4) is 0 Å². The molecule has 0 saturated carbocycles. The maximum Gasteiger partial charge on any atom is 0.326 e. The van der Waals surface area contributed by atoms with Crippen LogP contribution >= 0.6 is 0 Å². The topological polar surface area (TPSA) is 26.3 Å². The Morgan fingerprint density at radius 3 is 2.55 bits per heavy atom. The molecule has 2 aromatic carbocycles. The van der Waals surface area contributed by atoms with E-state index in [-0.39, 0.29) is 5.97 Å². The number of fused-ring (bicyclic) bond motifs is 1. The molecule has 2 aromatic rings. The molecule has 0 saturated heterocycles. The molecule has 0 amide bonds. The van der Waals surface area contributed by atoms with Crippen molar-refractivity contribution < 1.29 is 9.53 Å². The lowest BCUT2D eigenvalue weighted by molar-refractivity contribution is -0.137. The van der Waals surface area contributed by atoms with Crippen LogP contribution in [-0.2, 0) is 10.2 Å². The van der Waals surface area contributed by atoms with Gasteiger partial charge in [-0.15, -0.1) is 0 Å². The lowest BCUT2D eigenvalue weighted by atomic mass is 9.70. The van der Waals surface area contributed by atoms with Crippen molar-refractivity contribution in [2.75, 3.05) is 0 Å². The van der Waals surface area contributed by atoms with Crippen molar-refractivity contribution in [3.05, 3.63) is 64.7 Å². The summed E-state index contributed by atoms with van der Waals surface area (Å²) in [5, 5.41) is 0. The van der Waals surface area contributed by atoms with Crippen molar-refractivity contribution >= 4 is 5.97 Å². The second-order valence-electron chi connectivity index (χ2n) is 6.21. The monoisotopic (exact) mass is 294 g/mol. The van der Waals surface area contributed by atoms with Gasteiger partial charge in [0.05, 0.1) is 0 Å². The van der Waals surface area contributed by atoms with Gasteiger partial charge in [-0.05, 0) is 37.5 Å². The van der Waals surface area contributed by atoms with E-state index < -0.39 is 5.41 Å². The van der Waals surface area contributed by atoms with Crippen LogP contribution < -0.4 is 4.74 Å². The van der Waals surface area contributed by atoms with Crippen LogP contribution in [0.2, 0.25) is 0 Å². The Morgan fingerprint density at radius 2 is 1.82 bits per heavy atom. The summed E-state index contributed by atoms with van der Waals surface area (Å²) in [5.41, 5.74) is 3.82. The van der Waals surface area contributed by atoms with Gasteiger partial charge in [0.15, 0.2) is 0 Å². The lowest BCUT2D eigenvalue weighted by Crippen LogP contribution is -2.36. The first-order valence-electron chi connectivity index (χ1n) is 7.99. The van der Waals surface area contributed by atoms with Gasteiger partial charge in [-0.1, -0.05) is 61.7 Å².